The van der Waals surface area contributed by atoms with E-state index < -0.39 is 0 Å². The van der Waals surface area contributed by atoms with Crippen LogP contribution in [0.2, 0.25) is 10.4 Å². The third kappa shape index (κ3) is 1.45. The molecule has 0 spiro atoms. The third-order valence-electron chi connectivity index (χ3n) is 2.92. The minimum Gasteiger partial charge on any atom is -0.428 e. The number of rotatable bonds is 0. The Morgan fingerprint density at radius 2 is 1.83 bits per heavy atom. The fourth-order valence-electron chi connectivity index (χ4n) is 2.14. The van der Waals surface area contributed by atoms with Crippen LogP contribution in [0.5, 0.6) is 0 Å². The Morgan fingerprint density at radius 3 is 2.72 bits per heavy atom. The smallest absolute Gasteiger partial charge is 0.293 e. The topological polar surface area (TPSA) is 26.0 Å². The predicted molar refractivity (Wildman–Crippen MR) is 76.9 cm³/mol. The fourth-order valence-corrected chi connectivity index (χ4v) is 3.71. The molecule has 18 heavy (non-hydrogen) atoms. The van der Waals surface area contributed by atoms with E-state index in [1.165, 1.54) is 5.39 Å². The molecular weight excluding hydrogens is 289 g/mol. The van der Waals surface area contributed by atoms with Crippen LogP contribution in [0.3, 0.4) is 0 Å². The number of thiophene rings is 1. The minimum atomic E-state index is 0.176. The normalized spacial score (nSPS) is 11.9. The molecule has 88 valence electrons. The number of aromatic nitrogens is 1. The second-order valence-corrected chi connectivity index (χ2v) is 5.87. The Morgan fingerprint density at radius 1 is 1.00 bits per heavy atom. The van der Waals surface area contributed by atoms with E-state index in [2.05, 4.69) is 4.98 Å². The quantitative estimate of drug-likeness (QED) is 0.428. The summed E-state index contributed by atoms with van der Waals surface area (Å²) in [5, 5.41) is 3.26. The number of fused-ring (bicyclic) bond motifs is 4. The number of oxazole rings is 1. The number of nitrogens with zero attached hydrogens (tertiary/aromatic N) is 1. The average molecular weight is 294 g/mol. The summed E-state index contributed by atoms with van der Waals surface area (Å²) in [6.45, 7) is 0. The van der Waals surface area contributed by atoms with Crippen LogP contribution >= 0.6 is 34.5 Å². The molecule has 2 heterocycles. The van der Waals surface area contributed by atoms with Gasteiger partial charge in [0, 0.05) is 31.3 Å². The summed E-state index contributed by atoms with van der Waals surface area (Å²) in [5.74, 6) is 0. The van der Waals surface area contributed by atoms with Crippen molar-refractivity contribution in [1.82, 2.24) is 4.98 Å². The maximum absolute atomic E-state index is 6.01. The van der Waals surface area contributed by atoms with Gasteiger partial charge in [-0.05, 0) is 29.8 Å². The van der Waals surface area contributed by atoms with Gasteiger partial charge >= 0.3 is 0 Å². The van der Waals surface area contributed by atoms with Gasteiger partial charge in [-0.15, -0.1) is 11.3 Å². The minimum absolute atomic E-state index is 0.176. The lowest BCUT2D eigenvalue weighted by molar-refractivity contribution is 0.605. The van der Waals surface area contributed by atoms with Gasteiger partial charge in [-0.25, -0.2) is 0 Å². The van der Waals surface area contributed by atoms with E-state index in [1.807, 2.05) is 30.3 Å². The van der Waals surface area contributed by atoms with E-state index in [0.717, 1.165) is 25.3 Å². The molecule has 4 aromatic rings. The molecule has 2 aromatic heterocycles. The molecule has 0 aliphatic carbocycles. The molecule has 0 fully saturated rings. The summed E-state index contributed by atoms with van der Waals surface area (Å²) >= 11 is 13.5. The van der Waals surface area contributed by atoms with E-state index in [0.29, 0.717) is 5.58 Å². The maximum atomic E-state index is 6.01. The highest BCUT2D eigenvalue weighted by Crippen LogP contribution is 2.37. The van der Waals surface area contributed by atoms with Gasteiger partial charge < -0.3 is 4.42 Å². The molecule has 5 heteroatoms. The highest BCUT2D eigenvalue weighted by molar-refractivity contribution is 7.25. The van der Waals surface area contributed by atoms with E-state index in [1.54, 1.807) is 11.3 Å². The molecule has 2 aromatic carbocycles. The van der Waals surface area contributed by atoms with Crippen LogP contribution in [0.4, 0.5) is 0 Å². The summed E-state index contributed by atoms with van der Waals surface area (Å²) < 4.78 is 7.64. The maximum Gasteiger partial charge on any atom is 0.293 e. The van der Waals surface area contributed by atoms with Crippen LogP contribution in [0.15, 0.2) is 34.7 Å². The molecule has 0 saturated heterocycles. The first-order valence-electron chi connectivity index (χ1n) is 5.28. The van der Waals surface area contributed by atoms with Crippen molar-refractivity contribution < 1.29 is 4.42 Å². The van der Waals surface area contributed by atoms with Crippen LogP contribution in [-0.2, 0) is 0 Å². The summed E-state index contributed by atoms with van der Waals surface area (Å²) in [6, 6.07) is 9.89. The monoisotopic (exact) mass is 293 g/mol. The fraction of sp³-hybridized carbons (Fsp3) is 0. The first-order chi connectivity index (χ1) is 8.70. The Balaban J connectivity index is 2.21. The molecule has 0 aliphatic heterocycles. The van der Waals surface area contributed by atoms with Crippen LogP contribution in [0.1, 0.15) is 0 Å². The standard InChI is InChI=1S/C13H5Cl2NOS/c14-6-1-2-7-8-4-9-10(17-13(15)16-9)5-12(8)18-11(7)3-6/h1-5H. The molecule has 2 nitrogen and oxygen atoms in total. The van der Waals surface area contributed by atoms with Gasteiger partial charge in [0.25, 0.3) is 5.35 Å². The molecule has 0 aliphatic rings. The summed E-state index contributed by atoms with van der Waals surface area (Å²) in [4.78, 5) is 4.14. The second-order valence-electron chi connectivity index (χ2n) is 4.03. The number of hydrogen-bond donors (Lipinski definition) is 0. The van der Waals surface area contributed by atoms with Gasteiger partial charge in [-0.2, -0.15) is 4.98 Å². The van der Waals surface area contributed by atoms with Crippen LogP contribution in [-0.4, -0.2) is 4.98 Å². The number of halogens is 2. The SMILES string of the molecule is Clc1ccc2c(c1)sc1cc3oc(Cl)nc3cc12. The first-order valence-corrected chi connectivity index (χ1v) is 6.86. The lowest BCUT2D eigenvalue weighted by atomic mass is 10.1. The molecule has 4 rings (SSSR count). The predicted octanol–water partition coefficient (Wildman–Crippen LogP) is 5.50. The molecular formula is C13H5Cl2NOS. The van der Waals surface area contributed by atoms with Crippen molar-refractivity contribution in [3.63, 3.8) is 0 Å². The van der Waals surface area contributed by atoms with Crippen LogP contribution in [0, 0.1) is 0 Å². The van der Waals surface area contributed by atoms with E-state index in [9.17, 15) is 0 Å². The zero-order chi connectivity index (χ0) is 12.3. The van der Waals surface area contributed by atoms with Crippen molar-refractivity contribution >= 4 is 65.8 Å². The molecule has 0 N–H and O–H groups in total. The van der Waals surface area contributed by atoms with Gasteiger partial charge in [-0.3, -0.25) is 0 Å². The summed E-state index contributed by atoms with van der Waals surface area (Å²) in [7, 11) is 0. The van der Waals surface area contributed by atoms with Crippen molar-refractivity contribution in [3.8, 4) is 0 Å². The van der Waals surface area contributed by atoms with Crippen LogP contribution < -0.4 is 0 Å². The van der Waals surface area contributed by atoms with Gasteiger partial charge in [0.2, 0.25) is 0 Å². The van der Waals surface area contributed by atoms with E-state index >= 15 is 0 Å². The Hall–Kier alpha value is -1.29. The number of hydrogen-bond acceptors (Lipinski definition) is 3. The van der Waals surface area contributed by atoms with Gasteiger partial charge in [0.05, 0.1) is 0 Å². The Kier molecular flexibility index (Phi) is 2.13. The zero-order valence-corrected chi connectivity index (χ0v) is 11.2. The Labute approximate surface area is 116 Å². The molecule has 0 amide bonds. The molecule has 0 unspecified atom stereocenters. The zero-order valence-electron chi connectivity index (χ0n) is 8.91. The lowest BCUT2D eigenvalue weighted by Crippen LogP contribution is -1.69. The lowest BCUT2D eigenvalue weighted by Gasteiger charge is -1.92. The Bertz CT molecular complexity index is 909. The largest absolute Gasteiger partial charge is 0.428 e. The van der Waals surface area contributed by atoms with Crippen LogP contribution in [0.25, 0.3) is 31.3 Å². The van der Waals surface area contributed by atoms with Crippen molar-refractivity contribution in [3.05, 3.63) is 40.7 Å². The first kappa shape index (κ1) is 10.6. The van der Waals surface area contributed by atoms with E-state index in [4.69, 9.17) is 27.6 Å². The third-order valence-corrected chi connectivity index (χ3v) is 4.43. The average Bonchev–Trinajstić information content (AvgIpc) is 2.83. The molecule has 0 bridgehead atoms. The number of benzene rings is 2. The highest BCUT2D eigenvalue weighted by atomic mass is 35.5. The van der Waals surface area contributed by atoms with Crippen molar-refractivity contribution in [2.45, 2.75) is 0 Å². The summed E-state index contributed by atoms with van der Waals surface area (Å²) in [6.07, 6.45) is 0. The second kappa shape index (κ2) is 3.60. The van der Waals surface area contributed by atoms with Crippen molar-refractivity contribution in [2.24, 2.45) is 0 Å². The molecule has 0 saturated carbocycles. The van der Waals surface area contributed by atoms with Crippen molar-refractivity contribution in [1.29, 1.82) is 0 Å². The van der Waals surface area contributed by atoms with Crippen molar-refractivity contribution in [2.75, 3.05) is 0 Å². The van der Waals surface area contributed by atoms with Gasteiger partial charge in [-0.1, -0.05) is 17.7 Å². The van der Waals surface area contributed by atoms with E-state index in [-0.39, 0.29) is 5.35 Å². The summed E-state index contributed by atoms with van der Waals surface area (Å²) in [5.41, 5.74) is 1.49. The molecule has 0 radical (unpaired) electrons. The van der Waals surface area contributed by atoms with Gasteiger partial charge in [0.1, 0.15) is 5.52 Å². The van der Waals surface area contributed by atoms with Gasteiger partial charge in [0.15, 0.2) is 5.58 Å². The molecule has 0 atom stereocenters. The highest BCUT2D eigenvalue weighted by Gasteiger charge is 2.10.